The molecule has 122 valence electrons. The van der Waals surface area contributed by atoms with Gasteiger partial charge in [-0.25, -0.2) is 0 Å². The lowest BCUT2D eigenvalue weighted by atomic mass is 10.1. The minimum absolute atomic E-state index is 0.291. The first kappa shape index (κ1) is 16.8. The lowest BCUT2D eigenvalue weighted by Crippen LogP contribution is -2.37. The van der Waals surface area contributed by atoms with Crippen LogP contribution in [0, 0.1) is 0 Å². The number of amides is 1. The molecule has 0 aliphatic rings. The van der Waals surface area contributed by atoms with Gasteiger partial charge in [-0.1, -0.05) is 37.3 Å². The molecule has 5 heteroatoms. The summed E-state index contributed by atoms with van der Waals surface area (Å²) in [5.74, 6) is -0.694. The van der Waals surface area contributed by atoms with E-state index in [9.17, 15) is 9.59 Å². The Hall–Kier alpha value is -2.56. The Morgan fingerprint density at radius 2 is 1.87 bits per heavy atom. The van der Waals surface area contributed by atoms with Gasteiger partial charge in [-0.2, -0.15) is 0 Å². The second-order valence-corrected chi connectivity index (χ2v) is 5.36. The van der Waals surface area contributed by atoms with E-state index in [0.29, 0.717) is 30.7 Å². The monoisotopic (exact) mass is 315 g/mol. The summed E-state index contributed by atoms with van der Waals surface area (Å²) in [6.07, 6.45) is 3.61. The first-order chi connectivity index (χ1) is 11.1. The van der Waals surface area contributed by atoms with Gasteiger partial charge in [-0.15, -0.1) is 0 Å². The number of benzene rings is 1. The first-order valence-corrected chi connectivity index (χ1v) is 7.73. The van der Waals surface area contributed by atoms with Crippen LogP contribution in [0.2, 0.25) is 0 Å². The average molecular weight is 315 g/mol. The van der Waals surface area contributed by atoms with Crippen molar-refractivity contribution in [1.29, 1.82) is 0 Å². The van der Waals surface area contributed by atoms with E-state index in [1.165, 1.54) is 11.2 Å². The Kier molecular flexibility index (Phi) is 5.97. The highest BCUT2D eigenvalue weighted by Crippen LogP contribution is 2.16. The maximum Gasteiger partial charge on any atom is 0.323 e. The first-order valence-electron chi connectivity index (χ1n) is 7.73. The van der Waals surface area contributed by atoms with Gasteiger partial charge in [0.05, 0.1) is 11.8 Å². The molecule has 1 heterocycles. The predicted molar refractivity (Wildman–Crippen MR) is 86.4 cm³/mol. The summed E-state index contributed by atoms with van der Waals surface area (Å²) in [7, 11) is 0. The fourth-order valence-corrected chi connectivity index (χ4v) is 2.45. The third kappa shape index (κ3) is 4.71. The molecule has 1 amide bonds. The highest BCUT2D eigenvalue weighted by molar-refractivity contribution is 5.96. The molecule has 0 saturated carbocycles. The molecule has 1 N–H and O–H groups in total. The molecule has 0 aliphatic heterocycles. The number of carbonyl (C=O) groups is 2. The second-order valence-electron chi connectivity index (χ2n) is 5.36. The van der Waals surface area contributed by atoms with Crippen LogP contribution in [0.4, 0.5) is 0 Å². The van der Waals surface area contributed by atoms with Crippen molar-refractivity contribution in [2.75, 3.05) is 13.1 Å². The van der Waals surface area contributed by atoms with Gasteiger partial charge >= 0.3 is 5.97 Å². The molecule has 0 aliphatic carbocycles. The molecular formula is C18H21NO4. The molecule has 0 bridgehead atoms. The molecule has 0 fully saturated rings. The van der Waals surface area contributed by atoms with Gasteiger partial charge in [-0.05, 0) is 24.5 Å². The molecule has 2 aromatic rings. The SMILES string of the molecule is CCCc1occc1C(=O)N(CCc1ccccc1)CC(=O)O. The van der Waals surface area contributed by atoms with Crippen molar-refractivity contribution >= 4 is 11.9 Å². The quantitative estimate of drug-likeness (QED) is 0.813. The fourth-order valence-electron chi connectivity index (χ4n) is 2.45. The molecule has 5 nitrogen and oxygen atoms in total. The summed E-state index contributed by atoms with van der Waals surface area (Å²) in [6.45, 7) is 2.04. The number of aliphatic carboxylic acids is 1. The van der Waals surface area contributed by atoms with Crippen molar-refractivity contribution in [3.05, 3.63) is 59.5 Å². The molecule has 2 rings (SSSR count). The van der Waals surface area contributed by atoms with E-state index in [2.05, 4.69) is 0 Å². The number of rotatable bonds is 8. The van der Waals surface area contributed by atoms with Crippen LogP contribution in [-0.4, -0.2) is 35.0 Å². The Labute approximate surface area is 135 Å². The Balaban J connectivity index is 2.11. The van der Waals surface area contributed by atoms with E-state index in [4.69, 9.17) is 9.52 Å². The lowest BCUT2D eigenvalue weighted by molar-refractivity contribution is -0.137. The Morgan fingerprint density at radius 1 is 1.13 bits per heavy atom. The van der Waals surface area contributed by atoms with Crippen molar-refractivity contribution in [2.45, 2.75) is 26.2 Å². The minimum Gasteiger partial charge on any atom is -0.480 e. The van der Waals surface area contributed by atoms with Crippen LogP contribution in [0.5, 0.6) is 0 Å². The van der Waals surface area contributed by atoms with Gasteiger partial charge in [-0.3, -0.25) is 9.59 Å². The van der Waals surface area contributed by atoms with E-state index in [0.717, 1.165) is 12.0 Å². The summed E-state index contributed by atoms with van der Waals surface area (Å²) in [4.78, 5) is 25.1. The molecule has 23 heavy (non-hydrogen) atoms. The van der Waals surface area contributed by atoms with Crippen LogP contribution >= 0.6 is 0 Å². The molecule has 0 saturated heterocycles. The van der Waals surface area contributed by atoms with E-state index in [-0.39, 0.29) is 12.5 Å². The van der Waals surface area contributed by atoms with Crippen molar-refractivity contribution in [1.82, 2.24) is 4.90 Å². The molecule has 1 aromatic heterocycles. The van der Waals surface area contributed by atoms with Gasteiger partial charge < -0.3 is 14.4 Å². The molecule has 0 radical (unpaired) electrons. The highest BCUT2D eigenvalue weighted by Gasteiger charge is 2.22. The Bertz CT molecular complexity index is 648. The molecule has 1 aromatic carbocycles. The number of furan rings is 1. The zero-order valence-corrected chi connectivity index (χ0v) is 13.2. The van der Waals surface area contributed by atoms with Gasteiger partial charge in [0.25, 0.3) is 5.91 Å². The van der Waals surface area contributed by atoms with Crippen LogP contribution in [0.15, 0.2) is 47.1 Å². The van der Waals surface area contributed by atoms with Crippen molar-refractivity contribution in [3.8, 4) is 0 Å². The lowest BCUT2D eigenvalue weighted by Gasteiger charge is -2.20. The summed E-state index contributed by atoms with van der Waals surface area (Å²) < 4.78 is 5.35. The number of nitrogens with zero attached hydrogens (tertiary/aromatic N) is 1. The summed E-state index contributed by atoms with van der Waals surface area (Å²) >= 11 is 0. The fraction of sp³-hybridized carbons (Fsp3) is 0.333. The van der Waals surface area contributed by atoms with Crippen molar-refractivity contribution in [3.63, 3.8) is 0 Å². The number of hydrogen-bond donors (Lipinski definition) is 1. The van der Waals surface area contributed by atoms with E-state index in [1.807, 2.05) is 37.3 Å². The number of carboxylic acid groups (broad SMARTS) is 1. The summed E-state index contributed by atoms with van der Waals surface area (Å²) in [5, 5.41) is 9.08. The number of aryl methyl sites for hydroxylation is 1. The van der Waals surface area contributed by atoms with Gasteiger partial charge in [0.15, 0.2) is 0 Å². The van der Waals surface area contributed by atoms with Crippen LogP contribution in [-0.2, 0) is 17.6 Å². The molecule has 0 unspecified atom stereocenters. The molecule has 0 atom stereocenters. The third-order valence-corrected chi connectivity index (χ3v) is 3.58. The van der Waals surface area contributed by atoms with Crippen molar-refractivity contribution in [2.24, 2.45) is 0 Å². The number of hydrogen-bond acceptors (Lipinski definition) is 3. The number of carbonyl (C=O) groups excluding carboxylic acids is 1. The minimum atomic E-state index is -1.02. The van der Waals surface area contributed by atoms with Crippen LogP contribution in [0.25, 0.3) is 0 Å². The van der Waals surface area contributed by atoms with E-state index < -0.39 is 5.97 Å². The van der Waals surface area contributed by atoms with Crippen LogP contribution < -0.4 is 0 Å². The molecular weight excluding hydrogens is 294 g/mol. The Morgan fingerprint density at radius 3 is 2.52 bits per heavy atom. The van der Waals surface area contributed by atoms with Crippen LogP contribution in [0.1, 0.15) is 35.0 Å². The standard InChI is InChI=1S/C18H21NO4/c1-2-6-16-15(10-12-23-16)18(22)19(13-17(20)21)11-9-14-7-4-3-5-8-14/h3-5,7-8,10,12H,2,6,9,11,13H2,1H3,(H,20,21). The van der Waals surface area contributed by atoms with E-state index >= 15 is 0 Å². The van der Waals surface area contributed by atoms with Gasteiger partial charge in [0.2, 0.25) is 0 Å². The second kappa shape index (κ2) is 8.17. The highest BCUT2D eigenvalue weighted by atomic mass is 16.4. The normalized spacial score (nSPS) is 10.5. The smallest absolute Gasteiger partial charge is 0.323 e. The summed E-state index contributed by atoms with van der Waals surface area (Å²) in [6, 6.07) is 11.3. The summed E-state index contributed by atoms with van der Waals surface area (Å²) in [5.41, 5.74) is 1.53. The van der Waals surface area contributed by atoms with E-state index in [1.54, 1.807) is 6.07 Å². The number of carboxylic acids is 1. The maximum absolute atomic E-state index is 12.7. The van der Waals surface area contributed by atoms with Gasteiger partial charge in [0, 0.05) is 13.0 Å². The predicted octanol–water partition coefficient (Wildman–Crippen LogP) is 3.00. The zero-order valence-electron chi connectivity index (χ0n) is 13.2. The third-order valence-electron chi connectivity index (χ3n) is 3.58. The molecule has 0 spiro atoms. The average Bonchev–Trinajstić information content (AvgIpc) is 3.00. The zero-order chi connectivity index (χ0) is 16.7. The maximum atomic E-state index is 12.7. The topological polar surface area (TPSA) is 70.8 Å². The largest absolute Gasteiger partial charge is 0.480 e. The van der Waals surface area contributed by atoms with Gasteiger partial charge in [0.1, 0.15) is 12.3 Å². The van der Waals surface area contributed by atoms with Crippen molar-refractivity contribution < 1.29 is 19.1 Å². The van der Waals surface area contributed by atoms with Crippen LogP contribution in [0.3, 0.4) is 0 Å².